The van der Waals surface area contributed by atoms with Crippen molar-refractivity contribution in [2.45, 2.75) is 45.6 Å². The van der Waals surface area contributed by atoms with E-state index in [2.05, 4.69) is 33.9 Å². The first-order valence-electron chi connectivity index (χ1n) is 8.88. The monoisotopic (exact) mass is 342 g/mol. The maximum atomic E-state index is 12.5. The van der Waals surface area contributed by atoms with E-state index < -0.39 is 0 Å². The molecule has 1 aromatic heterocycles. The van der Waals surface area contributed by atoms with E-state index in [-0.39, 0.29) is 18.2 Å². The number of aromatic nitrogens is 2. The molecule has 2 atom stereocenters. The molecule has 6 nitrogen and oxygen atoms in total. The summed E-state index contributed by atoms with van der Waals surface area (Å²) in [5.74, 6) is 0.852. The molecule has 1 N–H and O–H groups in total. The van der Waals surface area contributed by atoms with Crippen molar-refractivity contribution < 1.29 is 9.53 Å². The van der Waals surface area contributed by atoms with E-state index in [1.165, 1.54) is 5.56 Å². The lowest BCUT2D eigenvalue weighted by Gasteiger charge is -2.36. The van der Waals surface area contributed by atoms with E-state index in [0.29, 0.717) is 19.6 Å². The van der Waals surface area contributed by atoms with Crippen molar-refractivity contribution >= 4 is 6.03 Å². The highest BCUT2D eigenvalue weighted by Gasteiger charge is 2.27. The highest BCUT2D eigenvalue weighted by molar-refractivity contribution is 5.74. The molecule has 3 rings (SSSR count). The van der Waals surface area contributed by atoms with Gasteiger partial charge in [0.05, 0.1) is 18.8 Å². The minimum Gasteiger partial charge on any atom is -0.372 e. The fourth-order valence-corrected chi connectivity index (χ4v) is 3.13. The van der Waals surface area contributed by atoms with Crippen LogP contribution < -0.4 is 5.32 Å². The third-order valence-electron chi connectivity index (χ3n) is 4.46. The molecule has 1 fully saturated rings. The molecule has 0 aliphatic carbocycles. The summed E-state index contributed by atoms with van der Waals surface area (Å²) in [4.78, 5) is 18.7. The number of carbonyl (C=O) groups is 1. The van der Waals surface area contributed by atoms with E-state index in [1.807, 2.05) is 36.2 Å². The molecule has 0 spiro atoms. The van der Waals surface area contributed by atoms with E-state index in [4.69, 9.17) is 4.74 Å². The second-order valence-corrected chi connectivity index (χ2v) is 6.50. The first-order chi connectivity index (χ1) is 12.2. The van der Waals surface area contributed by atoms with Crippen LogP contribution >= 0.6 is 0 Å². The third-order valence-corrected chi connectivity index (χ3v) is 4.46. The maximum absolute atomic E-state index is 12.5. The highest BCUT2D eigenvalue weighted by atomic mass is 16.5. The summed E-state index contributed by atoms with van der Waals surface area (Å²) in [6.45, 7) is 6.53. The molecule has 1 aliphatic rings. The van der Waals surface area contributed by atoms with Crippen LogP contribution in [-0.4, -0.2) is 45.8 Å². The predicted molar refractivity (Wildman–Crippen MR) is 96.2 cm³/mol. The van der Waals surface area contributed by atoms with Crippen LogP contribution in [0.4, 0.5) is 4.79 Å². The van der Waals surface area contributed by atoms with Crippen LogP contribution in [-0.2, 0) is 17.8 Å². The predicted octanol–water partition coefficient (Wildman–Crippen LogP) is 2.64. The van der Waals surface area contributed by atoms with Crippen LogP contribution in [0.3, 0.4) is 0 Å². The summed E-state index contributed by atoms with van der Waals surface area (Å²) in [5.41, 5.74) is 1.21. The second-order valence-electron chi connectivity index (χ2n) is 6.50. The van der Waals surface area contributed by atoms with Crippen molar-refractivity contribution in [3.8, 4) is 0 Å². The van der Waals surface area contributed by atoms with Gasteiger partial charge >= 0.3 is 6.03 Å². The molecular weight excluding hydrogens is 316 g/mol. The zero-order valence-electron chi connectivity index (χ0n) is 14.9. The van der Waals surface area contributed by atoms with Gasteiger partial charge in [-0.05, 0) is 18.9 Å². The van der Waals surface area contributed by atoms with Crippen molar-refractivity contribution in [1.29, 1.82) is 0 Å². The van der Waals surface area contributed by atoms with Gasteiger partial charge in [-0.15, -0.1) is 0 Å². The van der Waals surface area contributed by atoms with Gasteiger partial charge in [-0.2, -0.15) is 0 Å². The zero-order chi connectivity index (χ0) is 17.6. The van der Waals surface area contributed by atoms with Gasteiger partial charge in [0.2, 0.25) is 0 Å². The Hall–Kier alpha value is -2.34. The lowest BCUT2D eigenvalue weighted by atomic mass is 10.2. The molecule has 0 bridgehead atoms. The Morgan fingerprint density at radius 2 is 2.12 bits per heavy atom. The molecule has 6 heteroatoms. The Labute approximate surface area is 148 Å². The van der Waals surface area contributed by atoms with Crippen molar-refractivity contribution in [3.63, 3.8) is 0 Å². The third kappa shape index (κ3) is 4.60. The molecule has 134 valence electrons. The molecule has 0 radical (unpaired) electrons. The Morgan fingerprint density at radius 1 is 1.32 bits per heavy atom. The number of ether oxygens (including phenoxy) is 1. The van der Waals surface area contributed by atoms with Crippen LogP contribution in [0.25, 0.3) is 0 Å². The van der Waals surface area contributed by atoms with E-state index in [1.54, 1.807) is 6.20 Å². The molecule has 0 unspecified atom stereocenters. The zero-order valence-corrected chi connectivity index (χ0v) is 14.9. The average molecular weight is 342 g/mol. The number of morpholine rings is 1. The molecule has 25 heavy (non-hydrogen) atoms. The van der Waals surface area contributed by atoms with Crippen LogP contribution in [0.2, 0.25) is 0 Å². The number of nitrogens with one attached hydrogen (secondary N) is 1. The summed E-state index contributed by atoms with van der Waals surface area (Å²) < 4.78 is 7.88. The first kappa shape index (κ1) is 17.5. The fraction of sp³-hybridized carbons (Fsp3) is 0.474. The van der Waals surface area contributed by atoms with Gasteiger partial charge in [-0.1, -0.05) is 37.3 Å². The largest absolute Gasteiger partial charge is 0.372 e. The molecule has 1 saturated heterocycles. The number of hydrogen-bond acceptors (Lipinski definition) is 3. The minimum atomic E-state index is -0.0529. The minimum absolute atomic E-state index is 0.0529. The fourth-order valence-electron chi connectivity index (χ4n) is 3.13. The molecule has 2 aromatic rings. The maximum Gasteiger partial charge on any atom is 0.317 e. The van der Waals surface area contributed by atoms with Gasteiger partial charge in [-0.3, -0.25) is 0 Å². The number of nitrogens with zero attached hydrogens (tertiary/aromatic N) is 3. The molecule has 1 aromatic carbocycles. The Bertz CT molecular complexity index is 686. The Balaban J connectivity index is 1.57. The molecule has 0 saturated carbocycles. The number of carbonyl (C=O) groups excluding carboxylic acids is 1. The van der Waals surface area contributed by atoms with Gasteiger partial charge in [0, 0.05) is 32.0 Å². The Kier molecular flexibility index (Phi) is 5.71. The van der Waals surface area contributed by atoms with Crippen LogP contribution in [0, 0.1) is 0 Å². The smallest absolute Gasteiger partial charge is 0.317 e. The summed E-state index contributed by atoms with van der Waals surface area (Å²) >= 11 is 0. The number of benzene rings is 1. The highest BCUT2D eigenvalue weighted by Crippen LogP contribution is 2.13. The van der Waals surface area contributed by atoms with Crippen LogP contribution in [0.5, 0.6) is 0 Å². The number of imidazole rings is 1. The standard InChI is InChI=1S/C19H26N4O2/c1-3-17-14-23(12-15(2)25-17)19(24)21-11-18-20-9-10-22(18)13-16-7-5-4-6-8-16/h4-10,15,17H,3,11-14H2,1-2H3,(H,21,24)/t15-,17+/m1/s1. The van der Waals surface area contributed by atoms with Gasteiger partial charge < -0.3 is 19.5 Å². The quantitative estimate of drug-likeness (QED) is 0.909. The first-order valence-corrected chi connectivity index (χ1v) is 8.88. The van der Waals surface area contributed by atoms with Crippen molar-refractivity contribution in [1.82, 2.24) is 19.8 Å². The van der Waals surface area contributed by atoms with Gasteiger partial charge in [0.25, 0.3) is 0 Å². The Morgan fingerprint density at radius 3 is 2.88 bits per heavy atom. The number of hydrogen-bond donors (Lipinski definition) is 1. The van der Waals surface area contributed by atoms with Crippen molar-refractivity contribution in [3.05, 3.63) is 54.1 Å². The van der Waals surface area contributed by atoms with Crippen molar-refractivity contribution in [2.24, 2.45) is 0 Å². The number of amides is 2. The average Bonchev–Trinajstić information content (AvgIpc) is 3.07. The van der Waals surface area contributed by atoms with Crippen molar-refractivity contribution in [2.75, 3.05) is 13.1 Å². The summed E-state index contributed by atoms with van der Waals surface area (Å²) in [6, 6.07) is 10.2. The number of urea groups is 1. The second kappa shape index (κ2) is 8.16. The van der Waals surface area contributed by atoms with Gasteiger partial charge in [0.15, 0.2) is 0 Å². The molecule has 2 amide bonds. The summed E-state index contributed by atoms with van der Waals surface area (Å²) in [5, 5.41) is 2.99. The number of rotatable bonds is 5. The van der Waals surface area contributed by atoms with Crippen LogP contribution in [0.1, 0.15) is 31.7 Å². The van der Waals surface area contributed by atoms with E-state index in [0.717, 1.165) is 18.8 Å². The summed E-state index contributed by atoms with van der Waals surface area (Å²) in [6.07, 6.45) is 4.82. The topological polar surface area (TPSA) is 59.4 Å². The van der Waals surface area contributed by atoms with E-state index >= 15 is 0 Å². The SMILES string of the molecule is CC[C@H]1CN(C(=O)NCc2nccn2Cc2ccccc2)C[C@@H](C)O1. The lowest BCUT2D eigenvalue weighted by molar-refractivity contribution is -0.0646. The molecule has 2 heterocycles. The van der Waals surface area contributed by atoms with Gasteiger partial charge in [0.1, 0.15) is 5.82 Å². The normalized spacial score (nSPS) is 20.5. The van der Waals surface area contributed by atoms with Gasteiger partial charge in [-0.25, -0.2) is 9.78 Å². The lowest BCUT2D eigenvalue weighted by Crippen LogP contribution is -2.52. The van der Waals surface area contributed by atoms with Crippen LogP contribution in [0.15, 0.2) is 42.7 Å². The summed E-state index contributed by atoms with van der Waals surface area (Å²) in [7, 11) is 0. The van der Waals surface area contributed by atoms with E-state index in [9.17, 15) is 4.79 Å². The molecular formula is C19H26N4O2. The molecule has 1 aliphatic heterocycles.